The first-order valence-electron chi connectivity index (χ1n) is 6.23. The van der Waals surface area contributed by atoms with E-state index in [1.54, 1.807) is 42.1 Å². The fourth-order valence-electron chi connectivity index (χ4n) is 2.23. The van der Waals surface area contributed by atoms with Gasteiger partial charge in [0.25, 0.3) is 5.91 Å². The van der Waals surface area contributed by atoms with Crippen LogP contribution in [-0.4, -0.2) is 17.3 Å². The Bertz CT molecular complexity index is 628. The van der Waals surface area contributed by atoms with Crippen molar-refractivity contribution in [3.63, 3.8) is 0 Å². The summed E-state index contributed by atoms with van der Waals surface area (Å²) >= 11 is 1.62. The molecule has 2 aromatic carbocycles. The molecule has 4 heteroatoms. The summed E-state index contributed by atoms with van der Waals surface area (Å²) in [5, 5.41) is 10.8. The van der Waals surface area contributed by atoms with Crippen LogP contribution in [0, 0.1) is 6.92 Å². The zero-order valence-corrected chi connectivity index (χ0v) is 12.3. The van der Waals surface area contributed by atoms with Crippen LogP contribution in [0.4, 0.5) is 0 Å². The first-order chi connectivity index (χ1) is 9.50. The number of aryl methyl sites for hydroxylation is 1. The summed E-state index contributed by atoms with van der Waals surface area (Å²) in [5.74, 6) is -0.778. The maximum atomic E-state index is 11.9. The van der Waals surface area contributed by atoms with Gasteiger partial charge in [-0.3, -0.25) is 4.79 Å². The molecular formula is C16H17NO2S. The number of hydrogen-bond acceptors (Lipinski definition) is 3. The molecule has 1 amide bonds. The lowest BCUT2D eigenvalue weighted by Crippen LogP contribution is -2.42. The average molecular weight is 287 g/mol. The van der Waals surface area contributed by atoms with Crippen LogP contribution in [0.25, 0.3) is 0 Å². The van der Waals surface area contributed by atoms with Crippen molar-refractivity contribution >= 4 is 17.7 Å². The summed E-state index contributed by atoms with van der Waals surface area (Å²) in [6, 6.07) is 14.2. The SMILES string of the molecule is CSc1ccc(C(O)(C(N)=O)c2ccccc2)cc1C. The Morgan fingerprint density at radius 1 is 1.15 bits per heavy atom. The number of nitrogens with two attached hydrogens (primary N) is 1. The minimum absolute atomic E-state index is 0.476. The number of thioether (sulfide) groups is 1. The van der Waals surface area contributed by atoms with Crippen LogP contribution >= 0.6 is 11.8 Å². The zero-order valence-electron chi connectivity index (χ0n) is 11.5. The molecule has 0 bridgehead atoms. The van der Waals surface area contributed by atoms with Crippen LogP contribution < -0.4 is 5.73 Å². The van der Waals surface area contributed by atoms with Crippen LogP contribution in [0.1, 0.15) is 16.7 Å². The Kier molecular flexibility index (Phi) is 4.16. The second kappa shape index (κ2) is 5.69. The highest BCUT2D eigenvalue weighted by atomic mass is 32.2. The lowest BCUT2D eigenvalue weighted by Gasteiger charge is -2.26. The Labute approximate surface area is 122 Å². The number of benzene rings is 2. The van der Waals surface area contributed by atoms with Crippen LogP contribution in [0.2, 0.25) is 0 Å². The average Bonchev–Trinajstić information content (AvgIpc) is 2.47. The monoisotopic (exact) mass is 287 g/mol. The van der Waals surface area contributed by atoms with E-state index in [1.807, 2.05) is 31.4 Å². The van der Waals surface area contributed by atoms with Crippen molar-refractivity contribution < 1.29 is 9.90 Å². The summed E-state index contributed by atoms with van der Waals surface area (Å²) in [6.07, 6.45) is 1.99. The van der Waals surface area contributed by atoms with Crippen molar-refractivity contribution in [3.8, 4) is 0 Å². The molecule has 0 aliphatic rings. The van der Waals surface area contributed by atoms with E-state index >= 15 is 0 Å². The molecule has 0 saturated carbocycles. The molecule has 0 aromatic heterocycles. The van der Waals surface area contributed by atoms with Crippen molar-refractivity contribution in [1.82, 2.24) is 0 Å². The standard InChI is InChI=1S/C16H17NO2S/c1-11-10-13(8-9-14(11)20-2)16(19,15(17)18)12-6-4-3-5-7-12/h3-10,19H,1-2H3,(H2,17,18). The second-order valence-corrected chi connectivity index (χ2v) is 5.47. The number of carbonyl (C=O) groups is 1. The van der Waals surface area contributed by atoms with E-state index in [1.165, 1.54) is 0 Å². The second-order valence-electron chi connectivity index (χ2n) is 4.63. The minimum atomic E-state index is -1.80. The van der Waals surface area contributed by atoms with Gasteiger partial charge in [-0.25, -0.2) is 0 Å². The summed E-state index contributed by atoms with van der Waals surface area (Å²) in [6.45, 7) is 1.95. The van der Waals surface area contributed by atoms with Gasteiger partial charge in [-0.15, -0.1) is 11.8 Å². The van der Waals surface area contributed by atoms with Gasteiger partial charge in [0.15, 0.2) is 5.60 Å². The Morgan fingerprint density at radius 2 is 1.80 bits per heavy atom. The quantitative estimate of drug-likeness (QED) is 0.849. The van der Waals surface area contributed by atoms with Gasteiger partial charge in [-0.05, 0) is 35.9 Å². The van der Waals surface area contributed by atoms with Crippen molar-refractivity contribution in [2.24, 2.45) is 5.73 Å². The molecule has 0 radical (unpaired) electrons. The van der Waals surface area contributed by atoms with Crippen LogP contribution in [0.3, 0.4) is 0 Å². The van der Waals surface area contributed by atoms with Crippen LogP contribution in [-0.2, 0) is 10.4 Å². The van der Waals surface area contributed by atoms with E-state index in [-0.39, 0.29) is 0 Å². The van der Waals surface area contributed by atoms with Crippen molar-refractivity contribution in [2.45, 2.75) is 17.4 Å². The molecule has 104 valence electrons. The van der Waals surface area contributed by atoms with E-state index in [0.717, 1.165) is 10.5 Å². The number of hydrogen-bond donors (Lipinski definition) is 2. The lowest BCUT2D eigenvalue weighted by atomic mass is 9.85. The number of carbonyl (C=O) groups excluding carboxylic acids is 1. The van der Waals surface area contributed by atoms with Crippen molar-refractivity contribution in [1.29, 1.82) is 0 Å². The molecule has 0 fully saturated rings. The maximum Gasteiger partial charge on any atom is 0.258 e. The summed E-state index contributed by atoms with van der Waals surface area (Å²) in [7, 11) is 0. The Hall–Kier alpha value is -1.78. The Morgan fingerprint density at radius 3 is 2.30 bits per heavy atom. The molecule has 0 saturated heterocycles. The highest BCUT2D eigenvalue weighted by Crippen LogP contribution is 2.32. The largest absolute Gasteiger partial charge is 0.372 e. The van der Waals surface area contributed by atoms with Gasteiger partial charge >= 0.3 is 0 Å². The molecule has 1 atom stereocenters. The van der Waals surface area contributed by atoms with Gasteiger partial charge in [0.1, 0.15) is 0 Å². The van der Waals surface area contributed by atoms with E-state index in [4.69, 9.17) is 5.73 Å². The molecule has 2 rings (SSSR count). The maximum absolute atomic E-state index is 11.9. The van der Waals surface area contributed by atoms with Crippen molar-refractivity contribution in [3.05, 3.63) is 65.2 Å². The van der Waals surface area contributed by atoms with Gasteiger partial charge in [0.05, 0.1) is 0 Å². The van der Waals surface area contributed by atoms with E-state index in [2.05, 4.69) is 0 Å². The molecule has 0 aliphatic carbocycles. The van der Waals surface area contributed by atoms with Crippen molar-refractivity contribution in [2.75, 3.05) is 6.26 Å². The normalized spacial score (nSPS) is 13.8. The third-order valence-corrected chi connectivity index (χ3v) is 4.26. The van der Waals surface area contributed by atoms with Crippen LogP contribution in [0.15, 0.2) is 53.4 Å². The fraction of sp³-hybridized carbons (Fsp3) is 0.188. The number of aliphatic hydroxyl groups is 1. The predicted molar refractivity (Wildman–Crippen MR) is 81.6 cm³/mol. The van der Waals surface area contributed by atoms with Gasteiger partial charge < -0.3 is 10.8 Å². The molecular weight excluding hydrogens is 270 g/mol. The number of primary amides is 1. The minimum Gasteiger partial charge on any atom is -0.372 e. The van der Waals surface area contributed by atoms with E-state index < -0.39 is 11.5 Å². The lowest BCUT2D eigenvalue weighted by molar-refractivity contribution is -0.133. The number of amides is 1. The summed E-state index contributed by atoms with van der Waals surface area (Å²) in [4.78, 5) is 13.0. The zero-order chi connectivity index (χ0) is 14.8. The molecule has 2 aromatic rings. The number of rotatable bonds is 4. The molecule has 1 unspecified atom stereocenters. The summed E-state index contributed by atoms with van der Waals surface area (Å²) < 4.78 is 0. The molecule has 3 nitrogen and oxygen atoms in total. The highest BCUT2D eigenvalue weighted by molar-refractivity contribution is 7.98. The van der Waals surface area contributed by atoms with Crippen LogP contribution in [0.5, 0.6) is 0 Å². The molecule has 0 heterocycles. The first-order valence-corrected chi connectivity index (χ1v) is 7.45. The topological polar surface area (TPSA) is 63.3 Å². The predicted octanol–water partition coefficient (Wildman–Crippen LogP) is 2.44. The molecule has 20 heavy (non-hydrogen) atoms. The van der Waals surface area contributed by atoms with Gasteiger partial charge in [-0.1, -0.05) is 42.5 Å². The first kappa shape index (κ1) is 14.6. The fourth-order valence-corrected chi connectivity index (χ4v) is 2.82. The van der Waals surface area contributed by atoms with E-state index in [0.29, 0.717) is 11.1 Å². The highest BCUT2D eigenvalue weighted by Gasteiger charge is 2.38. The molecule has 3 N–H and O–H groups in total. The molecule has 0 aliphatic heterocycles. The molecule has 0 spiro atoms. The Balaban J connectivity index is 2.60. The van der Waals surface area contributed by atoms with Gasteiger partial charge in [0, 0.05) is 4.90 Å². The van der Waals surface area contributed by atoms with Gasteiger partial charge in [0.2, 0.25) is 0 Å². The summed E-state index contributed by atoms with van der Waals surface area (Å²) in [5.41, 5.74) is 5.63. The third-order valence-electron chi connectivity index (χ3n) is 3.36. The van der Waals surface area contributed by atoms with Gasteiger partial charge in [-0.2, -0.15) is 0 Å². The third kappa shape index (κ3) is 2.44. The smallest absolute Gasteiger partial charge is 0.258 e. The van der Waals surface area contributed by atoms with E-state index in [9.17, 15) is 9.90 Å².